The van der Waals surface area contributed by atoms with Gasteiger partial charge in [-0.25, -0.2) is 4.98 Å². The topological polar surface area (TPSA) is 68.5 Å². The van der Waals surface area contributed by atoms with Crippen molar-refractivity contribution >= 4 is 27.5 Å². The Bertz CT molecular complexity index is 872. The molecule has 0 atom stereocenters. The fraction of sp³-hybridized carbons (Fsp3) is 0.316. The van der Waals surface area contributed by atoms with Crippen LogP contribution in [0.15, 0.2) is 42.6 Å². The van der Waals surface area contributed by atoms with E-state index < -0.39 is 0 Å². The first-order valence-corrected chi connectivity index (χ1v) is 9.63. The standard InChI is InChI=1S/C19H20N4O2S/c24-18(21-8-9-23-10-12-25-13-11-23)14-4-3-7-20-17(14)19-22-15-5-1-2-6-16(15)26-19/h1-7H,8-13H2,(H,21,24)/p+1. The molecule has 1 aromatic carbocycles. The molecule has 6 nitrogen and oxygen atoms in total. The zero-order chi connectivity index (χ0) is 17.8. The van der Waals surface area contributed by atoms with E-state index in [4.69, 9.17) is 4.74 Å². The molecule has 7 heteroatoms. The number of carbonyl (C=O) groups excluding carboxylic acids is 1. The minimum absolute atomic E-state index is 0.0972. The number of para-hydroxylation sites is 1. The highest BCUT2D eigenvalue weighted by Gasteiger charge is 2.18. The molecule has 0 aliphatic carbocycles. The van der Waals surface area contributed by atoms with Gasteiger partial charge in [0.25, 0.3) is 5.91 Å². The van der Waals surface area contributed by atoms with Gasteiger partial charge < -0.3 is 15.0 Å². The first kappa shape index (κ1) is 17.1. The van der Waals surface area contributed by atoms with E-state index in [2.05, 4.69) is 15.3 Å². The largest absolute Gasteiger partial charge is 0.370 e. The Morgan fingerprint density at radius 1 is 1.19 bits per heavy atom. The van der Waals surface area contributed by atoms with Crippen molar-refractivity contribution in [2.45, 2.75) is 0 Å². The lowest BCUT2D eigenvalue weighted by atomic mass is 10.2. The average molecular weight is 369 g/mol. The number of thiazole rings is 1. The summed E-state index contributed by atoms with van der Waals surface area (Å²) in [7, 11) is 0. The number of ether oxygens (including phenoxy) is 1. The van der Waals surface area contributed by atoms with Gasteiger partial charge in [-0.3, -0.25) is 9.78 Å². The van der Waals surface area contributed by atoms with Crippen molar-refractivity contribution in [3.05, 3.63) is 48.2 Å². The number of carbonyl (C=O) groups is 1. The third kappa shape index (κ3) is 3.75. The zero-order valence-corrected chi connectivity index (χ0v) is 15.2. The number of nitrogens with zero attached hydrogens (tertiary/aromatic N) is 2. The number of morpholine rings is 1. The number of amides is 1. The molecule has 0 radical (unpaired) electrons. The van der Waals surface area contributed by atoms with Gasteiger partial charge in [-0.15, -0.1) is 11.3 Å². The molecule has 0 bridgehead atoms. The second kappa shape index (κ2) is 7.90. The van der Waals surface area contributed by atoms with Crippen LogP contribution in [-0.2, 0) is 4.74 Å². The summed E-state index contributed by atoms with van der Waals surface area (Å²) in [5.74, 6) is -0.0972. The van der Waals surface area contributed by atoms with E-state index in [1.54, 1.807) is 23.6 Å². The SMILES string of the molecule is O=C(NCC[NH+]1CCOCC1)c1cccnc1-c1nc2ccccc2s1. The minimum atomic E-state index is -0.0972. The number of pyridine rings is 1. The Morgan fingerprint density at radius 2 is 2.04 bits per heavy atom. The maximum Gasteiger partial charge on any atom is 0.253 e. The fourth-order valence-corrected chi connectivity index (χ4v) is 4.07. The minimum Gasteiger partial charge on any atom is -0.370 e. The van der Waals surface area contributed by atoms with Crippen molar-refractivity contribution in [3.63, 3.8) is 0 Å². The lowest BCUT2D eigenvalue weighted by molar-refractivity contribution is -0.906. The molecule has 1 saturated heterocycles. The molecule has 4 rings (SSSR count). The van der Waals surface area contributed by atoms with E-state index in [-0.39, 0.29) is 5.91 Å². The van der Waals surface area contributed by atoms with Crippen LogP contribution in [0.1, 0.15) is 10.4 Å². The molecule has 0 spiro atoms. The van der Waals surface area contributed by atoms with Gasteiger partial charge in [0.2, 0.25) is 0 Å². The number of benzene rings is 1. The normalized spacial score (nSPS) is 15.2. The number of quaternary nitrogens is 1. The van der Waals surface area contributed by atoms with E-state index in [9.17, 15) is 4.79 Å². The van der Waals surface area contributed by atoms with Crippen LogP contribution in [0.25, 0.3) is 20.9 Å². The summed E-state index contributed by atoms with van der Waals surface area (Å²) in [6, 6.07) is 11.6. The first-order valence-electron chi connectivity index (χ1n) is 8.82. The molecule has 0 saturated carbocycles. The predicted molar refractivity (Wildman–Crippen MR) is 102 cm³/mol. The van der Waals surface area contributed by atoms with Crippen LogP contribution in [0.5, 0.6) is 0 Å². The van der Waals surface area contributed by atoms with Gasteiger partial charge in [0.05, 0.1) is 42.1 Å². The summed E-state index contributed by atoms with van der Waals surface area (Å²) < 4.78 is 6.46. The van der Waals surface area contributed by atoms with E-state index in [0.717, 1.165) is 48.1 Å². The van der Waals surface area contributed by atoms with E-state index in [1.165, 1.54) is 4.90 Å². The van der Waals surface area contributed by atoms with Crippen molar-refractivity contribution in [1.29, 1.82) is 0 Å². The van der Waals surface area contributed by atoms with Crippen LogP contribution >= 0.6 is 11.3 Å². The van der Waals surface area contributed by atoms with Crippen LogP contribution in [0.4, 0.5) is 0 Å². The second-order valence-corrected chi connectivity index (χ2v) is 7.29. The second-order valence-electron chi connectivity index (χ2n) is 6.25. The van der Waals surface area contributed by atoms with Gasteiger partial charge in [0, 0.05) is 6.20 Å². The number of fused-ring (bicyclic) bond motifs is 1. The lowest BCUT2D eigenvalue weighted by Gasteiger charge is -2.23. The maximum absolute atomic E-state index is 12.7. The van der Waals surface area contributed by atoms with Gasteiger partial charge in [0.1, 0.15) is 23.8 Å². The first-order chi connectivity index (χ1) is 12.8. The maximum atomic E-state index is 12.7. The summed E-state index contributed by atoms with van der Waals surface area (Å²) in [5.41, 5.74) is 2.15. The summed E-state index contributed by atoms with van der Waals surface area (Å²) in [4.78, 5) is 23.2. The summed E-state index contributed by atoms with van der Waals surface area (Å²) in [5, 5.41) is 3.80. The zero-order valence-electron chi connectivity index (χ0n) is 14.4. The Hall–Kier alpha value is -2.35. The molecule has 0 unspecified atom stereocenters. The molecule has 2 N–H and O–H groups in total. The summed E-state index contributed by atoms with van der Waals surface area (Å²) in [6.45, 7) is 5.15. The Kier molecular flexibility index (Phi) is 5.19. The van der Waals surface area contributed by atoms with Crippen molar-refractivity contribution in [2.75, 3.05) is 39.4 Å². The highest BCUT2D eigenvalue weighted by Crippen LogP contribution is 2.30. The lowest BCUT2D eigenvalue weighted by Crippen LogP contribution is -3.14. The van der Waals surface area contributed by atoms with Gasteiger partial charge >= 0.3 is 0 Å². The van der Waals surface area contributed by atoms with Gasteiger partial charge in [-0.2, -0.15) is 0 Å². The Balaban J connectivity index is 1.48. The van der Waals surface area contributed by atoms with Gasteiger partial charge in [-0.1, -0.05) is 12.1 Å². The van der Waals surface area contributed by atoms with Crippen LogP contribution in [-0.4, -0.2) is 55.3 Å². The van der Waals surface area contributed by atoms with Crippen molar-refractivity contribution in [1.82, 2.24) is 15.3 Å². The summed E-state index contributed by atoms with van der Waals surface area (Å²) >= 11 is 1.56. The number of rotatable bonds is 5. The third-order valence-electron chi connectivity index (χ3n) is 4.51. The highest BCUT2D eigenvalue weighted by molar-refractivity contribution is 7.21. The monoisotopic (exact) mass is 369 g/mol. The molecule has 1 aliphatic rings. The molecular formula is C19H21N4O2S+. The number of hydrogen-bond acceptors (Lipinski definition) is 5. The van der Waals surface area contributed by atoms with Crippen LogP contribution < -0.4 is 10.2 Å². The van der Waals surface area contributed by atoms with E-state index in [1.807, 2.05) is 30.3 Å². The summed E-state index contributed by atoms with van der Waals surface area (Å²) in [6.07, 6.45) is 1.70. The highest BCUT2D eigenvalue weighted by atomic mass is 32.1. The average Bonchev–Trinajstić information content (AvgIpc) is 3.13. The third-order valence-corrected chi connectivity index (χ3v) is 5.56. The number of aromatic nitrogens is 2. The quantitative estimate of drug-likeness (QED) is 0.704. The van der Waals surface area contributed by atoms with E-state index in [0.29, 0.717) is 17.8 Å². The van der Waals surface area contributed by atoms with Crippen LogP contribution in [0.2, 0.25) is 0 Å². The molecule has 3 aromatic rings. The molecule has 26 heavy (non-hydrogen) atoms. The number of hydrogen-bond donors (Lipinski definition) is 2. The van der Waals surface area contributed by atoms with Crippen molar-refractivity contribution in [2.24, 2.45) is 0 Å². The molecule has 1 fully saturated rings. The Labute approximate surface area is 155 Å². The van der Waals surface area contributed by atoms with Crippen LogP contribution in [0, 0.1) is 0 Å². The van der Waals surface area contributed by atoms with Crippen molar-refractivity contribution < 1.29 is 14.4 Å². The molecule has 2 aromatic heterocycles. The smallest absolute Gasteiger partial charge is 0.253 e. The predicted octanol–water partition coefficient (Wildman–Crippen LogP) is 1.00. The fourth-order valence-electron chi connectivity index (χ4n) is 3.09. The van der Waals surface area contributed by atoms with E-state index >= 15 is 0 Å². The Morgan fingerprint density at radius 3 is 2.88 bits per heavy atom. The van der Waals surface area contributed by atoms with Gasteiger partial charge in [-0.05, 0) is 24.3 Å². The molecule has 1 amide bonds. The van der Waals surface area contributed by atoms with Crippen molar-refractivity contribution in [3.8, 4) is 10.7 Å². The molecular weight excluding hydrogens is 348 g/mol. The van der Waals surface area contributed by atoms with Crippen LogP contribution in [0.3, 0.4) is 0 Å². The molecule has 1 aliphatic heterocycles. The van der Waals surface area contributed by atoms with Gasteiger partial charge in [0.15, 0.2) is 0 Å². The number of nitrogens with one attached hydrogen (secondary N) is 2. The molecule has 134 valence electrons. The molecule has 3 heterocycles.